The third-order valence-corrected chi connectivity index (χ3v) is 12.6. The number of rotatable bonds is 13. The first-order valence-electron chi connectivity index (χ1n) is 20.8. The highest BCUT2D eigenvalue weighted by atomic mass is 16.5. The molecule has 2 aromatic heterocycles. The van der Waals surface area contributed by atoms with Crippen molar-refractivity contribution in [3.63, 3.8) is 0 Å². The molecule has 3 aliphatic rings. The van der Waals surface area contributed by atoms with Crippen molar-refractivity contribution >= 4 is 17.9 Å². The van der Waals surface area contributed by atoms with Crippen LogP contribution in [0.15, 0.2) is 60.9 Å². The third-order valence-electron chi connectivity index (χ3n) is 12.6. The maximum absolute atomic E-state index is 13.8. The van der Waals surface area contributed by atoms with Crippen LogP contribution >= 0.6 is 0 Å². The van der Waals surface area contributed by atoms with Crippen molar-refractivity contribution in [3.8, 4) is 33.6 Å². The van der Waals surface area contributed by atoms with Gasteiger partial charge in [-0.3, -0.25) is 9.59 Å². The van der Waals surface area contributed by atoms with Gasteiger partial charge in [0.25, 0.3) is 0 Å². The molecule has 4 atom stereocenters. The molecule has 2 aromatic carbocycles. The summed E-state index contributed by atoms with van der Waals surface area (Å²) in [6, 6.07) is 16.3. The number of carbonyl (C=O) groups is 3. The Morgan fingerprint density at radius 3 is 1.74 bits per heavy atom. The molecule has 0 spiro atoms. The van der Waals surface area contributed by atoms with Gasteiger partial charge >= 0.3 is 6.09 Å². The minimum atomic E-state index is -0.881. The lowest BCUT2D eigenvalue weighted by Crippen LogP contribution is -2.54. The highest BCUT2D eigenvalue weighted by Crippen LogP contribution is 2.37. The molecule has 304 valence electrons. The van der Waals surface area contributed by atoms with Gasteiger partial charge in [0.05, 0.1) is 49.1 Å². The fraction of sp³-hybridized carbons (Fsp3) is 0.523. The van der Waals surface area contributed by atoms with Crippen LogP contribution < -0.4 is 5.32 Å². The van der Waals surface area contributed by atoms with E-state index in [1.54, 1.807) is 18.0 Å². The molecule has 3 fully saturated rings. The Morgan fingerprint density at radius 2 is 1.25 bits per heavy atom. The number of nitrogens with zero attached hydrogens (tertiary/aromatic N) is 5. The van der Waals surface area contributed by atoms with E-state index in [2.05, 4.69) is 92.4 Å². The summed E-state index contributed by atoms with van der Waals surface area (Å²) in [5, 5.41) is 2.63. The third kappa shape index (κ3) is 8.64. The molecule has 0 bridgehead atoms. The second-order valence-corrected chi connectivity index (χ2v) is 15.7. The summed E-state index contributed by atoms with van der Waals surface area (Å²) in [5.74, 6) is 1.78. The molecule has 2 saturated heterocycles. The molecule has 57 heavy (non-hydrogen) atoms. The fourth-order valence-electron chi connectivity index (χ4n) is 9.16. The number of amides is 3. The number of benzene rings is 2. The number of imidazole rings is 2. The number of methoxy groups -OCH3 is 2. The highest BCUT2D eigenvalue weighted by Gasteiger charge is 2.39. The number of hydrogen-bond donors (Lipinski definition) is 3. The van der Waals surface area contributed by atoms with E-state index in [9.17, 15) is 14.4 Å². The predicted octanol–water partition coefficient (Wildman–Crippen LogP) is 7.12. The summed E-state index contributed by atoms with van der Waals surface area (Å²) in [6.45, 7) is 9.71. The lowest BCUT2D eigenvalue weighted by atomic mass is 9.84. The number of carbonyl (C=O) groups excluding carboxylic acids is 3. The van der Waals surface area contributed by atoms with Crippen molar-refractivity contribution < 1.29 is 23.9 Å². The average Bonchev–Trinajstić information content (AvgIpc) is 4.10. The smallest absolute Gasteiger partial charge is 0.407 e. The number of H-pyrrole nitrogens is 2. The van der Waals surface area contributed by atoms with Gasteiger partial charge in [-0.2, -0.15) is 0 Å². The number of nitrogens with one attached hydrogen (secondary N) is 3. The zero-order chi connectivity index (χ0) is 40.1. The topological polar surface area (TPSA) is 149 Å². The lowest BCUT2D eigenvalue weighted by molar-refractivity contribution is -0.138. The monoisotopic (exact) mass is 778 g/mol. The van der Waals surface area contributed by atoms with Gasteiger partial charge in [0.15, 0.2) is 0 Å². The normalized spacial score (nSPS) is 22.1. The van der Waals surface area contributed by atoms with E-state index < -0.39 is 18.2 Å². The number of hydrogen-bond acceptors (Lipinski definition) is 8. The Labute approximate surface area is 335 Å². The van der Waals surface area contributed by atoms with E-state index in [0.29, 0.717) is 24.3 Å². The van der Waals surface area contributed by atoms with E-state index in [0.717, 1.165) is 110 Å². The van der Waals surface area contributed by atoms with Crippen LogP contribution in [-0.2, 0) is 19.1 Å². The maximum Gasteiger partial charge on any atom is 0.407 e. The summed E-state index contributed by atoms with van der Waals surface area (Å²) >= 11 is 0. The molecule has 1 aliphatic carbocycles. The van der Waals surface area contributed by atoms with Gasteiger partial charge in [0.1, 0.15) is 17.7 Å². The molecule has 0 radical (unpaired) electrons. The van der Waals surface area contributed by atoms with Crippen LogP contribution in [0.5, 0.6) is 0 Å². The van der Waals surface area contributed by atoms with Gasteiger partial charge in [-0.05, 0) is 93.6 Å². The van der Waals surface area contributed by atoms with E-state index in [1.165, 1.54) is 14.2 Å². The van der Waals surface area contributed by atoms with Crippen LogP contribution in [0.25, 0.3) is 33.6 Å². The largest absolute Gasteiger partial charge is 0.453 e. The Kier molecular flexibility index (Phi) is 12.7. The summed E-state index contributed by atoms with van der Waals surface area (Å²) in [5.41, 5.74) is 6.03. The van der Waals surface area contributed by atoms with Gasteiger partial charge in [-0.15, -0.1) is 0 Å². The van der Waals surface area contributed by atoms with Crippen LogP contribution in [0.2, 0.25) is 0 Å². The quantitative estimate of drug-likeness (QED) is 0.130. The standard InChI is InChI=1S/C44H58N8O5/c1-6-50(7-2)34-22-20-33(21-23-34)42(53)51-24-8-10-37(51)40-45-26-35(47-40)31-16-12-29(13-17-31)30-14-18-32(19-15-30)36-27-46-41(48-36)38-11-9-25-52(38)43(54)39(28(3)56-4)49-44(55)57-5/h12-19,26-28,33-34,37-39H,6-11,20-25H2,1-5H3,(H,45,47)(H,46,48)(H,49,55)/t28-,33-,34+,37+,38?,39+/m1/s1. The van der Waals surface area contributed by atoms with Crippen LogP contribution in [-0.4, -0.2) is 111 Å². The zero-order valence-corrected chi connectivity index (χ0v) is 34.0. The van der Waals surface area contributed by atoms with Crippen molar-refractivity contribution in [2.45, 2.75) is 102 Å². The highest BCUT2D eigenvalue weighted by molar-refractivity contribution is 5.87. The number of aromatic amines is 2. The van der Waals surface area contributed by atoms with Crippen molar-refractivity contribution in [3.05, 3.63) is 72.6 Å². The lowest BCUT2D eigenvalue weighted by Gasteiger charge is -2.37. The molecule has 4 aromatic rings. The number of alkyl carbamates (subject to hydrolysis) is 1. The summed E-state index contributed by atoms with van der Waals surface area (Å²) in [6.07, 6.45) is 10.2. The van der Waals surface area contributed by atoms with E-state index in [1.807, 2.05) is 6.20 Å². The van der Waals surface area contributed by atoms with Crippen LogP contribution in [0.3, 0.4) is 0 Å². The minimum absolute atomic E-state index is 0.00231. The second kappa shape index (κ2) is 18.1. The first-order chi connectivity index (χ1) is 27.7. The predicted molar refractivity (Wildman–Crippen MR) is 219 cm³/mol. The van der Waals surface area contributed by atoms with E-state index in [4.69, 9.17) is 14.5 Å². The molecule has 7 rings (SSSR count). The van der Waals surface area contributed by atoms with Gasteiger partial charge in [0.2, 0.25) is 11.8 Å². The van der Waals surface area contributed by atoms with Crippen LogP contribution in [0, 0.1) is 5.92 Å². The van der Waals surface area contributed by atoms with Crippen LogP contribution in [0.4, 0.5) is 4.79 Å². The molecule has 2 aliphatic heterocycles. The Hall–Kier alpha value is -5.01. The van der Waals surface area contributed by atoms with Gasteiger partial charge in [-0.1, -0.05) is 62.4 Å². The fourth-order valence-corrected chi connectivity index (χ4v) is 9.16. The molecular formula is C44H58N8O5. The number of aromatic nitrogens is 4. The molecule has 13 nitrogen and oxygen atoms in total. The van der Waals surface area contributed by atoms with E-state index >= 15 is 0 Å². The molecule has 1 unspecified atom stereocenters. The molecule has 3 N–H and O–H groups in total. The summed E-state index contributed by atoms with van der Waals surface area (Å²) in [7, 11) is 2.78. The zero-order valence-electron chi connectivity index (χ0n) is 34.0. The van der Waals surface area contributed by atoms with Gasteiger partial charge < -0.3 is 39.5 Å². The number of likely N-dealkylation sites (tertiary alicyclic amines) is 2. The van der Waals surface area contributed by atoms with Crippen molar-refractivity contribution in [1.29, 1.82) is 0 Å². The molecule has 3 amide bonds. The first kappa shape index (κ1) is 40.2. The Balaban J connectivity index is 0.971. The van der Waals surface area contributed by atoms with Gasteiger partial charge in [0, 0.05) is 32.2 Å². The molecule has 1 saturated carbocycles. The van der Waals surface area contributed by atoms with Crippen molar-refractivity contribution in [1.82, 2.24) is 40.0 Å². The number of ether oxygens (including phenoxy) is 2. The first-order valence-corrected chi connectivity index (χ1v) is 20.8. The minimum Gasteiger partial charge on any atom is -0.453 e. The molecule has 13 heteroatoms. The Morgan fingerprint density at radius 1 is 0.754 bits per heavy atom. The maximum atomic E-state index is 13.8. The Bertz CT molecular complexity index is 1960. The van der Waals surface area contributed by atoms with Gasteiger partial charge in [-0.25, -0.2) is 14.8 Å². The van der Waals surface area contributed by atoms with E-state index in [-0.39, 0.29) is 23.9 Å². The molecule has 4 heterocycles. The van der Waals surface area contributed by atoms with Crippen molar-refractivity contribution in [2.24, 2.45) is 5.92 Å². The SMILES string of the molecule is CCN(CC)[C@H]1CC[C@@H](C(=O)N2CCC[C@H]2c2ncc(-c3ccc(-c4ccc(-c5cnc(C6CCCN6C(=O)[C@@H](NC(=O)OC)[C@@H](C)OC)[nH]5)cc4)cc3)[nH]2)CC1. The molecular weight excluding hydrogens is 721 g/mol. The second-order valence-electron chi connectivity index (χ2n) is 15.7. The average molecular weight is 779 g/mol. The van der Waals surface area contributed by atoms with Crippen LogP contribution in [0.1, 0.15) is 95.9 Å². The van der Waals surface area contributed by atoms with Crippen molar-refractivity contribution in [2.75, 3.05) is 40.4 Å². The summed E-state index contributed by atoms with van der Waals surface area (Å²) in [4.78, 5) is 62.3. The summed E-state index contributed by atoms with van der Waals surface area (Å²) < 4.78 is 10.2.